The van der Waals surface area contributed by atoms with Gasteiger partial charge in [-0.1, -0.05) is 29.3 Å². The van der Waals surface area contributed by atoms with Gasteiger partial charge in [-0.05, 0) is 42.0 Å². The lowest BCUT2D eigenvalue weighted by Gasteiger charge is -2.07. The third kappa shape index (κ3) is 4.65. The first-order chi connectivity index (χ1) is 12.1. The summed E-state index contributed by atoms with van der Waals surface area (Å²) in [4.78, 5) is 16.2. The van der Waals surface area contributed by atoms with E-state index in [2.05, 4.69) is 25.8 Å². The molecule has 0 spiro atoms. The van der Waals surface area contributed by atoms with Crippen LogP contribution >= 0.6 is 23.2 Å². The minimum atomic E-state index is -0.344. The Kier molecular flexibility index (Phi) is 5.42. The molecule has 2 heterocycles. The Bertz CT molecular complexity index is 872. The number of carbonyl (C=O) groups excluding carboxylic acids is 1. The monoisotopic (exact) mass is 373 g/mol. The largest absolute Gasteiger partial charge is 0.364 e. The van der Waals surface area contributed by atoms with Crippen molar-refractivity contribution in [2.75, 3.05) is 10.6 Å². The number of benzene rings is 1. The molecule has 8 heteroatoms. The summed E-state index contributed by atoms with van der Waals surface area (Å²) >= 11 is 11.8. The van der Waals surface area contributed by atoms with E-state index < -0.39 is 0 Å². The molecule has 0 unspecified atom stereocenters. The third-order valence-corrected chi connectivity index (χ3v) is 4.02. The van der Waals surface area contributed by atoms with E-state index in [-0.39, 0.29) is 5.91 Å². The molecule has 0 aliphatic carbocycles. The van der Waals surface area contributed by atoms with Gasteiger partial charge in [0.2, 0.25) is 0 Å². The Hall–Kier alpha value is -2.70. The van der Waals surface area contributed by atoms with Gasteiger partial charge in [-0.3, -0.25) is 9.78 Å². The molecule has 0 saturated heterocycles. The summed E-state index contributed by atoms with van der Waals surface area (Å²) in [7, 11) is 0. The number of rotatable bonds is 5. The molecule has 0 saturated carbocycles. The standard InChI is InChI=1S/C17H13Cl2N5O/c18-13-4-3-12(8-14(13)19)17(25)22-16-6-5-15(23-24-16)21-10-11-2-1-7-20-9-11/h1-9H,10H2,(H,21,23)(H,22,24,25). The lowest BCUT2D eigenvalue weighted by molar-refractivity contribution is 0.102. The van der Waals surface area contributed by atoms with Crippen molar-refractivity contribution in [3.05, 3.63) is 76.0 Å². The molecule has 1 amide bonds. The van der Waals surface area contributed by atoms with Crippen molar-refractivity contribution in [3.8, 4) is 0 Å². The van der Waals surface area contributed by atoms with E-state index in [4.69, 9.17) is 23.2 Å². The van der Waals surface area contributed by atoms with Crippen molar-refractivity contribution >= 4 is 40.7 Å². The lowest BCUT2D eigenvalue weighted by atomic mass is 10.2. The highest BCUT2D eigenvalue weighted by Crippen LogP contribution is 2.23. The van der Waals surface area contributed by atoms with Gasteiger partial charge in [0.25, 0.3) is 5.91 Å². The first-order valence-corrected chi connectivity index (χ1v) is 8.10. The average Bonchev–Trinajstić information content (AvgIpc) is 2.64. The summed E-state index contributed by atoms with van der Waals surface area (Å²) in [6, 6.07) is 11.9. The van der Waals surface area contributed by atoms with Crippen LogP contribution in [-0.4, -0.2) is 21.1 Å². The lowest BCUT2D eigenvalue weighted by Crippen LogP contribution is -2.13. The Labute approximate surface area is 154 Å². The number of pyridine rings is 1. The van der Waals surface area contributed by atoms with E-state index >= 15 is 0 Å². The number of aromatic nitrogens is 3. The van der Waals surface area contributed by atoms with Crippen LogP contribution in [0.1, 0.15) is 15.9 Å². The second-order valence-electron chi connectivity index (χ2n) is 5.10. The van der Waals surface area contributed by atoms with Gasteiger partial charge < -0.3 is 10.6 Å². The second kappa shape index (κ2) is 7.92. The molecule has 0 aliphatic rings. The summed E-state index contributed by atoms with van der Waals surface area (Å²) in [5.74, 6) is 0.586. The van der Waals surface area contributed by atoms with Crippen molar-refractivity contribution in [1.29, 1.82) is 0 Å². The fourth-order valence-electron chi connectivity index (χ4n) is 2.01. The zero-order valence-corrected chi connectivity index (χ0v) is 14.4. The summed E-state index contributed by atoms with van der Waals surface area (Å²) in [6.45, 7) is 0.581. The predicted molar refractivity (Wildman–Crippen MR) is 98.0 cm³/mol. The second-order valence-corrected chi connectivity index (χ2v) is 5.92. The van der Waals surface area contributed by atoms with Crippen molar-refractivity contribution in [3.63, 3.8) is 0 Å². The Morgan fingerprint density at radius 2 is 1.80 bits per heavy atom. The Balaban J connectivity index is 1.60. The van der Waals surface area contributed by atoms with Crippen molar-refractivity contribution in [2.45, 2.75) is 6.54 Å². The smallest absolute Gasteiger partial charge is 0.256 e. The van der Waals surface area contributed by atoms with Crippen LogP contribution in [0.2, 0.25) is 10.0 Å². The number of nitrogens with one attached hydrogen (secondary N) is 2. The molecule has 2 N–H and O–H groups in total. The summed E-state index contributed by atoms with van der Waals surface area (Å²) in [6.07, 6.45) is 3.49. The van der Waals surface area contributed by atoms with E-state index in [9.17, 15) is 4.79 Å². The molecule has 2 aromatic heterocycles. The number of carbonyl (C=O) groups is 1. The molecule has 1 aromatic carbocycles. The molecule has 0 aliphatic heterocycles. The summed E-state index contributed by atoms with van der Waals surface area (Å²) < 4.78 is 0. The Morgan fingerprint density at radius 1 is 1.00 bits per heavy atom. The molecular formula is C17H13Cl2N5O. The maximum atomic E-state index is 12.2. The van der Waals surface area contributed by atoms with Gasteiger partial charge in [-0.2, -0.15) is 0 Å². The number of halogens is 2. The predicted octanol–water partition coefficient (Wildman–Crippen LogP) is 4.04. The van der Waals surface area contributed by atoms with E-state index in [1.165, 1.54) is 6.07 Å². The summed E-state index contributed by atoms with van der Waals surface area (Å²) in [5, 5.41) is 14.5. The highest BCUT2D eigenvalue weighted by Gasteiger charge is 2.09. The van der Waals surface area contributed by atoms with Crippen LogP contribution in [0, 0.1) is 0 Å². The quantitative estimate of drug-likeness (QED) is 0.705. The van der Waals surface area contributed by atoms with Crippen LogP contribution in [-0.2, 0) is 6.54 Å². The molecule has 0 atom stereocenters. The van der Waals surface area contributed by atoms with Gasteiger partial charge >= 0.3 is 0 Å². The van der Waals surface area contributed by atoms with Gasteiger partial charge in [0, 0.05) is 24.5 Å². The van der Waals surface area contributed by atoms with E-state index in [1.807, 2.05) is 12.1 Å². The van der Waals surface area contributed by atoms with Crippen molar-refractivity contribution < 1.29 is 4.79 Å². The van der Waals surface area contributed by atoms with Gasteiger partial charge in [0.1, 0.15) is 5.82 Å². The van der Waals surface area contributed by atoms with Crippen LogP contribution in [0.15, 0.2) is 54.9 Å². The number of hydrogen-bond donors (Lipinski definition) is 2. The van der Waals surface area contributed by atoms with E-state index in [0.717, 1.165) is 5.56 Å². The zero-order chi connectivity index (χ0) is 17.6. The fraction of sp³-hybridized carbons (Fsp3) is 0.0588. The number of anilines is 2. The number of nitrogens with zero attached hydrogens (tertiary/aromatic N) is 3. The fourth-order valence-corrected chi connectivity index (χ4v) is 2.31. The molecule has 6 nitrogen and oxygen atoms in total. The van der Waals surface area contributed by atoms with Crippen molar-refractivity contribution in [2.24, 2.45) is 0 Å². The molecule has 0 radical (unpaired) electrons. The molecule has 25 heavy (non-hydrogen) atoms. The molecule has 126 valence electrons. The van der Waals surface area contributed by atoms with Crippen molar-refractivity contribution in [1.82, 2.24) is 15.2 Å². The highest BCUT2D eigenvalue weighted by atomic mass is 35.5. The first kappa shape index (κ1) is 17.1. The van der Waals surface area contributed by atoms with Crippen LogP contribution in [0.5, 0.6) is 0 Å². The molecule has 3 aromatic rings. The first-order valence-electron chi connectivity index (χ1n) is 7.35. The topological polar surface area (TPSA) is 79.8 Å². The van der Waals surface area contributed by atoms with Crippen LogP contribution in [0.4, 0.5) is 11.6 Å². The number of hydrogen-bond acceptors (Lipinski definition) is 5. The van der Waals surface area contributed by atoms with Gasteiger partial charge in [-0.25, -0.2) is 0 Å². The Morgan fingerprint density at radius 3 is 2.48 bits per heavy atom. The number of amides is 1. The molecule has 0 fully saturated rings. The molecule has 3 rings (SSSR count). The van der Waals surface area contributed by atoms with Gasteiger partial charge in [0.05, 0.1) is 10.0 Å². The maximum absolute atomic E-state index is 12.2. The molecule has 0 bridgehead atoms. The summed E-state index contributed by atoms with van der Waals surface area (Å²) in [5.41, 5.74) is 1.41. The van der Waals surface area contributed by atoms with E-state index in [0.29, 0.717) is 33.8 Å². The normalized spacial score (nSPS) is 10.3. The highest BCUT2D eigenvalue weighted by molar-refractivity contribution is 6.42. The average molecular weight is 374 g/mol. The van der Waals surface area contributed by atoms with Crippen LogP contribution in [0.3, 0.4) is 0 Å². The van der Waals surface area contributed by atoms with E-state index in [1.54, 1.807) is 36.7 Å². The van der Waals surface area contributed by atoms with Gasteiger partial charge in [-0.15, -0.1) is 10.2 Å². The van der Waals surface area contributed by atoms with Crippen LogP contribution < -0.4 is 10.6 Å². The SMILES string of the molecule is O=C(Nc1ccc(NCc2cccnc2)nn1)c1ccc(Cl)c(Cl)c1. The zero-order valence-electron chi connectivity index (χ0n) is 12.9. The van der Waals surface area contributed by atoms with Crippen LogP contribution in [0.25, 0.3) is 0 Å². The maximum Gasteiger partial charge on any atom is 0.256 e. The molecular weight excluding hydrogens is 361 g/mol. The third-order valence-electron chi connectivity index (χ3n) is 3.28. The minimum absolute atomic E-state index is 0.315. The minimum Gasteiger partial charge on any atom is -0.364 e. The van der Waals surface area contributed by atoms with Gasteiger partial charge in [0.15, 0.2) is 5.82 Å².